The molecule has 0 radical (unpaired) electrons. The van der Waals surface area contributed by atoms with Gasteiger partial charge in [-0.05, 0) is 83.5 Å². The number of carbonyl (C=O) groups excluding carboxylic acids is 2. The van der Waals surface area contributed by atoms with Crippen LogP contribution in [-0.2, 0) is 23.8 Å². The fraction of sp³-hybridized carbons (Fsp3) is 0.875. The molecular weight excluding hydrogens is 1130 g/mol. The van der Waals surface area contributed by atoms with E-state index in [1.807, 2.05) is 6.08 Å². The number of unbranched alkanes of at least 4 members (excludes halogenated alkanes) is 49. The summed E-state index contributed by atoms with van der Waals surface area (Å²) in [6.07, 6.45) is 75.9. The summed E-state index contributed by atoms with van der Waals surface area (Å²) in [6.45, 7) is 5.83. The van der Waals surface area contributed by atoms with E-state index in [0.29, 0.717) is 19.3 Å². The van der Waals surface area contributed by atoms with E-state index in [4.69, 9.17) is 14.2 Å². The molecule has 1 amide bonds. The average Bonchev–Trinajstić information content (AvgIpc) is 1.05. The van der Waals surface area contributed by atoms with Gasteiger partial charge in [-0.15, -0.1) is 0 Å². The van der Waals surface area contributed by atoms with Crippen molar-refractivity contribution in [2.24, 2.45) is 0 Å². The molecule has 1 rings (SSSR count). The Hall–Kier alpha value is -2.38. The maximum Gasteiger partial charge on any atom is 0.306 e. The molecule has 0 aromatic rings. The monoisotopic (exact) mass is 1280 g/mol. The number of ether oxygens (including phenoxy) is 3. The van der Waals surface area contributed by atoms with Crippen molar-refractivity contribution in [3.05, 3.63) is 48.6 Å². The molecule has 11 nitrogen and oxygen atoms in total. The van der Waals surface area contributed by atoms with Gasteiger partial charge in [0.15, 0.2) is 12.4 Å². The maximum atomic E-state index is 13.5. The first-order valence-corrected chi connectivity index (χ1v) is 39.4. The van der Waals surface area contributed by atoms with Crippen LogP contribution in [0.3, 0.4) is 0 Å². The van der Waals surface area contributed by atoms with Crippen LogP contribution < -0.4 is 5.32 Å². The van der Waals surface area contributed by atoms with E-state index in [0.717, 1.165) is 64.2 Å². The van der Waals surface area contributed by atoms with E-state index in [1.54, 1.807) is 6.08 Å². The number of aliphatic hydroxyl groups excluding tert-OH is 5. The molecule has 1 saturated heterocycles. The molecule has 1 aliphatic heterocycles. The van der Waals surface area contributed by atoms with Crippen molar-refractivity contribution in [1.82, 2.24) is 5.32 Å². The molecule has 0 aromatic heterocycles. The Morgan fingerprint density at radius 2 is 0.758 bits per heavy atom. The third-order valence-electron chi connectivity index (χ3n) is 18.7. The van der Waals surface area contributed by atoms with Crippen LogP contribution in [0.25, 0.3) is 0 Å². The molecule has 1 heterocycles. The van der Waals surface area contributed by atoms with E-state index >= 15 is 0 Å². The summed E-state index contributed by atoms with van der Waals surface area (Å²) in [5.74, 6) is -1.18. The first-order chi connectivity index (χ1) is 44.7. The summed E-state index contributed by atoms with van der Waals surface area (Å²) in [7, 11) is 0. The molecule has 1 aliphatic rings. The van der Waals surface area contributed by atoms with Crippen LogP contribution in [-0.4, -0.2) is 99.6 Å². The number of hydrogen-bond acceptors (Lipinski definition) is 10. The molecule has 8 atom stereocenters. The molecule has 534 valence electrons. The lowest BCUT2D eigenvalue weighted by Crippen LogP contribution is -2.61. The highest BCUT2D eigenvalue weighted by Gasteiger charge is 2.47. The summed E-state index contributed by atoms with van der Waals surface area (Å²) in [5.41, 5.74) is 0. The van der Waals surface area contributed by atoms with Crippen LogP contribution in [0.5, 0.6) is 0 Å². The Labute approximate surface area is 561 Å². The van der Waals surface area contributed by atoms with Gasteiger partial charge in [0.2, 0.25) is 5.91 Å². The number of hydrogen-bond donors (Lipinski definition) is 6. The summed E-state index contributed by atoms with van der Waals surface area (Å²) >= 11 is 0. The lowest BCUT2D eigenvalue weighted by atomic mass is 9.99. The molecule has 6 N–H and O–H groups in total. The van der Waals surface area contributed by atoms with Crippen molar-refractivity contribution in [2.75, 3.05) is 13.2 Å². The fourth-order valence-corrected chi connectivity index (χ4v) is 12.5. The van der Waals surface area contributed by atoms with Crippen LogP contribution in [0.15, 0.2) is 48.6 Å². The van der Waals surface area contributed by atoms with Gasteiger partial charge >= 0.3 is 5.97 Å². The lowest BCUT2D eigenvalue weighted by molar-refractivity contribution is -0.305. The number of aliphatic hydroxyl groups is 5. The Balaban J connectivity index is 2.51. The Bertz CT molecular complexity index is 1670. The van der Waals surface area contributed by atoms with Crippen LogP contribution in [0.1, 0.15) is 387 Å². The van der Waals surface area contributed by atoms with Gasteiger partial charge in [-0.1, -0.05) is 345 Å². The van der Waals surface area contributed by atoms with Gasteiger partial charge in [0.25, 0.3) is 0 Å². The minimum Gasteiger partial charge on any atom is -0.454 e. The zero-order chi connectivity index (χ0) is 66.0. The number of nitrogens with one attached hydrogen (secondary N) is 1. The molecule has 0 aliphatic carbocycles. The molecular formula is C80H149NO10. The smallest absolute Gasteiger partial charge is 0.306 e. The number of allylic oxidation sites excluding steroid dienone is 7. The summed E-state index contributed by atoms with van der Waals surface area (Å²) < 4.78 is 17.8. The Morgan fingerprint density at radius 3 is 1.15 bits per heavy atom. The quantitative estimate of drug-likeness (QED) is 0.0195. The number of rotatable bonds is 69. The molecule has 0 spiro atoms. The third-order valence-corrected chi connectivity index (χ3v) is 18.7. The molecule has 8 unspecified atom stereocenters. The minimum absolute atomic E-state index is 0.128. The molecule has 0 bridgehead atoms. The number of carbonyl (C=O) groups is 2. The van der Waals surface area contributed by atoms with E-state index in [-0.39, 0.29) is 13.0 Å². The molecule has 11 heteroatoms. The highest BCUT2D eigenvalue weighted by atomic mass is 16.7. The van der Waals surface area contributed by atoms with Gasteiger partial charge in [-0.25, -0.2) is 0 Å². The average molecular weight is 1290 g/mol. The van der Waals surface area contributed by atoms with Crippen LogP contribution in [0.2, 0.25) is 0 Å². The van der Waals surface area contributed by atoms with E-state index in [1.165, 1.54) is 276 Å². The number of esters is 1. The Kier molecular flexibility index (Phi) is 64.3. The van der Waals surface area contributed by atoms with Gasteiger partial charge < -0.3 is 45.1 Å². The van der Waals surface area contributed by atoms with E-state index in [9.17, 15) is 35.1 Å². The van der Waals surface area contributed by atoms with Gasteiger partial charge in [0.1, 0.15) is 24.4 Å². The molecule has 0 aromatic carbocycles. The van der Waals surface area contributed by atoms with Crippen molar-refractivity contribution in [1.29, 1.82) is 0 Å². The van der Waals surface area contributed by atoms with Crippen LogP contribution in [0, 0.1) is 0 Å². The van der Waals surface area contributed by atoms with Crippen LogP contribution >= 0.6 is 0 Å². The highest BCUT2D eigenvalue weighted by molar-refractivity contribution is 5.80. The topological polar surface area (TPSA) is 175 Å². The second kappa shape index (κ2) is 67.6. The molecule has 1 fully saturated rings. The standard InChI is InChI=1S/C80H149NO10/c1-4-7-10-13-16-19-22-25-27-29-31-33-35-36-37-38-39-41-43-45-47-50-53-56-59-62-65-68-75(85)91-78-77(87)76(86)74(69-82)90-80(78)89-70-71(72(83)66-63-60-57-54-51-48-24-21-18-15-12-9-6-3)81-79(88)73(84)67-64-61-58-55-52-49-46-44-42-40-34-32-30-28-26-23-20-17-14-11-8-5-2/h17,20,25-28,63,66,71-74,76-78,80,82-84,86-87H,4-16,18-19,21-24,29-62,64-65,67-70H2,1-3H3,(H,81,88)/b20-17-,27-25+,28-26-,66-63+. The molecule has 0 saturated carbocycles. The van der Waals surface area contributed by atoms with Crippen molar-refractivity contribution >= 4 is 11.9 Å². The van der Waals surface area contributed by atoms with Crippen molar-refractivity contribution in [2.45, 2.75) is 436 Å². The first-order valence-electron chi connectivity index (χ1n) is 39.4. The SMILES string of the molecule is CCCCC/C=C\C/C=C\CCCCCCCCCCCCCCC(O)C(=O)NC(COC1OC(CO)C(O)C(O)C1OC(=O)CCCCCCCCCCCCCCCCCCC/C=C/CCCCCCCC)C(O)/C=C/CCCCCCCCCCCCC. The summed E-state index contributed by atoms with van der Waals surface area (Å²) in [6, 6.07) is -1.02. The van der Waals surface area contributed by atoms with Gasteiger partial charge in [-0.2, -0.15) is 0 Å². The zero-order valence-electron chi connectivity index (χ0n) is 59.7. The largest absolute Gasteiger partial charge is 0.454 e. The van der Waals surface area contributed by atoms with E-state index < -0.39 is 67.4 Å². The van der Waals surface area contributed by atoms with E-state index in [2.05, 4.69) is 62.5 Å². The molecule has 91 heavy (non-hydrogen) atoms. The third kappa shape index (κ3) is 54.4. The van der Waals surface area contributed by atoms with Gasteiger partial charge in [0, 0.05) is 6.42 Å². The predicted molar refractivity (Wildman–Crippen MR) is 384 cm³/mol. The lowest BCUT2D eigenvalue weighted by Gasteiger charge is -2.41. The van der Waals surface area contributed by atoms with Crippen molar-refractivity contribution in [3.8, 4) is 0 Å². The van der Waals surface area contributed by atoms with Gasteiger partial charge in [0.05, 0.1) is 25.4 Å². The second-order valence-electron chi connectivity index (χ2n) is 27.4. The maximum absolute atomic E-state index is 13.5. The van der Waals surface area contributed by atoms with Gasteiger partial charge in [-0.3, -0.25) is 9.59 Å². The highest BCUT2D eigenvalue weighted by Crippen LogP contribution is 2.27. The summed E-state index contributed by atoms with van der Waals surface area (Å²) in [4.78, 5) is 26.8. The Morgan fingerprint density at radius 1 is 0.429 bits per heavy atom. The fourth-order valence-electron chi connectivity index (χ4n) is 12.5. The van der Waals surface area contributed by atoms with Crippen molar-refractivity contribution < 1.29 is 49.3 Å². The summed E-state index contributed by atoms with van der Waals surface area (Å²) in [5, 5.41) is 57.4. The number of amides is 1. The minimum atomic E-state index is -1.61. The normalized spacial score (nSPS) is 18.2. The second-order valence-corrected chi connectivity index (χ2v) is 27.4. The first kappa shape index (κ1) is 86.6. The predicted octanol–water partition coefficient (Wildman–Crippen LogP) is 21.1. The van der Waals surface area contributed by atoms with Crippen LogP contribution in [0.4, 0.5) is 0 Å². The van der Waals surface area contributed by atoms with Crippen molar-refractivity contribution in [3.63, 3.8) is 0 Å². The zero-order valence-corrected chi connectivity index (χ0v) is 59.7.